The molecule has 90 valence electrons. The lowest BCUT2D eigenvalue weighted by molar-refractivity contribution is 0.134. The quantitative estimate of drug-likeness (QED) is 0.796. The fourth-order valence-electron chi connectivity index (χ4n) is 1.73. The van der Waals surface area contributed by atoms with Crippen molar-refractivity contribution in [3.05, 3.63) is 30.1 Å². The van der Waals surface area contributed by atoms with E-state index in [1.165, 1.54) is 0 Å². The smallest absolute Gasteiger partial charge is 0.0526 e. The van der Waals surface area contributed by atoms with Crippen LogP contribution in [0.1, 0.15) is 26.0 Å². The summed E-state index contributed by atoms with van der Waals surface area (Å²) < 4.78 is 0. The first-order valence-corrected chi connectivity index (χ1v) is 5.88. The maximum Gasteiger partial charge on any atom is 0.0526 e. The van der Waals surface area contributed by atoms with Gasteiger partial charge in [0.05, 0.1) is 6.10 Å². The lowest BCUT2D eigenvalue weighted by Gasteiger charge is -2.25. The van der Waals surface area contributed by atoms with Crippen LogP contribution in [0.25, 0.3) is 0 Å². The van der Waals surface area contributed by atoms with Gasteiger partial charge in [-0.25, -0.2) is 0 Å². The van der Waals surface area contributed by atoms with Crippen LogP contribution in [0.2, 0.25) is 0 Å². The average Bonchev–Trinajstić information content (AvgIpc) is 2.26. The minimum Gasteiger partial charge on any atom is -0.393 e. The number of likely N-dealkylation sites (N-methyl/N-ethyl adjacent to an activating group) is 1. The second-order valence-electron chi connectivity index (χ2n) is 4.49. The van der Waals surface area contributed by atoms with Crippen LogP contribution in [0.3, 0.4) is 0 Å². The van der Waals surface area contributed by atoms with E-state index in [1.807, 2.05) is 31.3 Å². The van der Waals surface area contributed by atoms with Gasteiger partial charge in [0.25, 0.3) is 0 Å². The van der Waals surface area contributed by atoms with E-state index in [0.29, 0.717) is 6.04 Å². The Kier molecular flexibility index (Phi) is 5.43. The first-order chi connectivity index (χ1) is 7.59. The third kappa shape index (κ3) is 4.73. The van der Waals surface area contributed by atoms with Crippen molar-refractivity contribution in [2.75, 3.05) is 13.6 Å². The third-order valence-electron chi connectivity index (χ3n) is 2.88. The zero-order chi connectivity index (χ0) is 12.0. The van der Waals surface area contributed by atoms with Gasteiger partial charge in [-0.1, -0.05) is 6.07 Å². The van der Waals surface area contributed by atoms with Crippen LogP contribution in [-0.2, 0) is 6.42 Å². The molecule has 16 heavy (non-hydrogen) atoms. The topological polar surface area (TPSA) is 36.4 Å². The lowest BCUT2D eigenvalue weighted by Crippen LogP contribution is -2.33. The molecule has 1 heterocycles. The molecule has 2 atom stereocenters. The normalized spacial score (nSPS) is 15.1. The summed E-state index contributed by atoms with van der Waals surface area (Å²) in [5.74, 6) is 0. The molecule has 1 aromatic rings. The van der Waals surface area contributed by atoms with Gasteiger partial charge in [0.2, 0.25) is 0 Å². The van der Waals surface area contributed by atoms with Crippen LogP contribution >= 0.6 is 0 Å². The predicted octanol–water partition coefficient (Wildman–Crippen LogP) is 1.72. The van der Waals surface area contributed by atoms with E-state index in [9.17, 15) is 5.11 Å². The maximum absolute atomic E-state index is 9.32. The fourth-order valence-corrected chi connectivity index (χ4v) is 1.73. The van der Waals surface area contributed by atoms with E-state index in [2.05, 4.69) is 23.9 Å². The Bertz CT molecular complexity index is 287. The van der Waals surface area contributed by atoms with Crippen molar-refractivity contribution in [2.24, 2.45) is 0 Å². The largest absolute Gasteiger partial charge is 0.393 e. The summed E-state index contributed by atoms with van der Waals surface area (Å²) in [7, 11) is 2.09. The number of aromatic nitrogens is 1. The molecule has 0 aliphatic carbocycles. The molecule has 0 bridgehead atoms. The van der Waals surface area contributed by atoms with Crippen molar-refractivity contribution in [3.8, 4) is 0 Å². The number of aliphatic hydroxyl groups excluding tert-OH is 1. The summed E-state index contributed by atoms with van der Waals surface area (Å²) in [6, 6.07) is 6.40. The molecule has 0 aliphatic heterocycles. The van der Waals surface area contributed by atoms with E-state index in [0.717, 1.165) is 25.1 Å². The molecule has 1 N–H and O–H groups in total. The zero-order valence-corrected chi connectivity index (χ0v) is 10.4. The number of rotatable bonds is 6. The van der Waals surface area contributed by atoms with Gasteiger partial charge in [0.1, 0.15) is 0 Å². The molecule has 0 saturated heterocycles. The molecule has 0 saturated carbocycles. The number of hydrogen-bond donors (Lipinski definition) is 1. The van der Waals surface area contributed by atoms with Crippen LogP contribution in [0.5, 0.6) is 0 Å². The molecule has 3 nitrogen and oxygen atoms in total. The highest BCUT2D eigenvalue weighted by atomic mass is 16.3. The Morgan fingerprint density at radius 3 is 2.69 bits per heavy atom. The van der Waals surface area contributed by atoms with Gasteiger partial charge in [-0.2, -0.15) is 0 Å². The molecular formula is C13H22N2O. The molecule has 0 fully saturated rings. The van der Waals surface area contributed by atoms with Crippen LogP contribution in [0.15, 0.2) is 24.4 Å². The van der Waals surface area contributed by atoms with Gasteiger partial charge in [0, 0.05) is 30.9 Å². The number of hydrogen-bond acceptors (Lipinski definition) is 3. The molecule has 0 aliphatic rings. The van der Waals surface area contributed by atoms with Gasteiger partial charge in [-0.3, -0.25) is 4.98 Å². The molecule has 1 rings (SSSR count). The van der Waals surface area contributed by atoms with Crippen LogP contribution in [0, 0.1) is 0 Å². The molecular weight excluding hydrogens is 200 g/mol. The van der Waals surface area contributed by atoms with E-state index >= 15 is 0 Å². The molecule has 0 spiro atoms. The molecule has 3 heteroatoms. The van der Waals surface area contributed by atoms with Crippen molar-refractivity contribution in [2.45, 2.75) is 38.8 Å². The van der Waals surface area contributed by atoms with E-state index in [-0.39, 0.29) is 6.10 Å². The second kappa shape index (κ2) is 6.61. The van der Waals surface area contributed by atoms with Crippen LogP contribution < -0.4 is 0 Å². The van der Waals surface area contributed by atoms with Gasteiger partial charge < -0.3 is 10.0 Å². The summed E-state index contributed by atoms with van der Waals surface area (Å²) in [6.45, 7) is 4.96. The minimum atomic E-state index is -0.229. The van der Waals surface area contributed by atoms with E-state index < -0.39 is 0 Å². The highest BCUT2D eigenvalue weighted by Gasteiger charge is 2.11. The van der Waals surface area contributed by atoms with Crippen molar-refractivity contribution in [1.82, 2.24) is 9.88 Å². The average molecular weight is 222 g/mol. The van der Waals surface area contributed by atoms with Gasteiger partial charge in [-0.05, 0) is 39.4 Å². The number of aliphatic hydroxyl groups is 1. The summed E-state index contributed by atoms with van der Waals surface area (Å²) in [5.41, 5.74) is 1.12. The van der Waals surface area contributed by atoms with Gasteiger partial charge in [0.15, 0.2) is 0 Å². The molecule has 0 amide bonds. The van der Waals surface area contributed by atoms with Crippen LogP contribution in [0.4, 0.5) is 0 Å². The van der Waals surface area contributed by atoms with Gasteiger partial charge >= 0.3 is 0 Å². The molecule has 0 aromatic carbocycles. The Balaban J connectivity index is 2.32. The van der Waals surface area contributed by atoms with E-state index in [1.54, 1.807) is 0 Å². The van der Waals surface area contributed by atoms with Crippen molar-refractivity contribution in [3.63, 3.8) is 0 Å². The standard InChI is InChI=1S/C13H22N2O/c1-11(10-12(2)16)15(3)9-7-13-6-4-5-8-14-13/h4-6,8,11-12,16H,7,9-10H2,1-3H3. The Hall–Kier alpha value is -0.930. The monoisotopic (exact) mass is 222 g/mol. The highest BCUT2D eigenvalue weighted by Crippen LogP contribution is 2.06. The maximum atomic E-state index is 9.32. The predicted molar refractivity (Wildman–Crippen MR) is 66.3 cm³/mol. The van der Waals surface area contributed by atoms with Crippen molar-refractivity contribution in [1.29, 1.82) is 0 Å². The first kappa shape index (κ1) is 13.1. The van der Waals surface area contributed by atoms with E-state index in [4.69, 9.17) is 0 Å². The zero-order valence-electron chi connectivity index (χ0n) is 10.4. The van der Waals surface area contributed by atoms with Crippen LogP contribution in [-0.4, -0.2) is 40.7 Å². The summed E-state index contributed by atoms with van der Waals surface area (Å²) in [6.07, 6.45) is 3.38. The molecule has 0 radical (unpaired) electrons. The third-order valence-corrected chi connectivity index (χ3v) is 2.88. The molecule has 2 unspecified atom stereocenters. The first-order valence-electron chi connectivity index (χ1n) is 5.88. The lowest BCUT2D eigenvalue weighted by atomic mass is 10.1. The Labute approximate surface area is 98.1 Å². The second-order valence-corrected chi connectivity index (χ2v) is 4.49. The highest BCUT2D eigenvalue weighted by molar-refractivity contribution is 5.03. The number of pyridine rings is 1. The Morgan fingerprint density at radius 2 is 2.12 bits per heavy atom. The van der Waals surface area contributed by atoms with Crippen molar-refractivity contribution < 1.29 is 5.11 Å². The summed E-state index contributed by atoms with van der Waals surface area (Å²) in [5, 5.41) is 9.32. The number of nitrogens with zero attached hydrogens (tertiary/aromatic N) is 2. The Morgan fingerprint density at radius 1 is 1.38 bits per heavy atom. The van der Waals surface area contributed by atoms with Crippen molar-refractivity contribution >= 4 is 0 Å². The fraction of sp³-hybridized carbons (Fsp3) is 0.615. The van der Waals surface area contributed by atoms with Gasteiger partial charge in [-0.15, -0.1) is 0 Å². The summed E-state index contributed by atoms with van der Waals surface area (Å²) in [4.78, 5) is 6.56. The SMILES string of the molecule is CC(O)CC(C)N(C)CCc1ccccn1. The molecule has 1 aromatic heterocycles. The minimum absolute atomic E-state index is 0.229. The summed E-state index contributed by atoms with van der Waals surface area (Å²) >= 11 is 0.